The van der Waals surface area contributed by atoms with E-state index in [1.807, 2.05) is 4.57 Å². The lowest BCUT2D eigenvalue weighted by Gasteiger charge is -2.11. The molecule has 0 aliphatic heterocycles. The van der Waals surface area contributed by atoms with Crippen molar-refractivity contribution in [2.75, 3.05) is 18.2 Å². The molecule has 0 saturated heterocycles. The van der Waals surface area contributed by atoms with E-state index in [-0.39, 0.29) is 24.1 Å². The number of nitrogens with one attached hydrogen (secondary N) is 1. The van der Waals surface area contributed by atoms with Gasteiger partial charge in [0.2, 0.25) is 5.91 Å². The minimum atomic E-state index is -0.307. The number of thioether (sulfide) groups is 1. The first-order chi connectivity index (χ1) is 14.0. The molecule has 1 aromatic heterocycles. The van der Waals surface area contributed by atoms with E-state index in [1.165, 1.54) is 31.0 Å². The molecule has 0 saturated carbocycles. The lowest BCUT2D eigenvalue weighted by atomic mass is 10.2. The number of nitrogens with zero attached hydrogens (tertiary/aromatic N) is 2. The van der Waals surface area contributed by atoms with E-state index in [9.17, 15) is 14.3 Å². The number of amides is 1. The average molecular weight is 436 g/mol. The minimum Gasteiger partial charge on any atom is -0.495 e. The molecule has 0 unspecified atom stereocenters. The van der Waals surface area contributed by atoms with E-state index in [0.29, 0.717) is 33.9 Å². The Hall–Kier alpha value is -2.55. The molecule has 9 heteroatoms. The molecular weight excluding hydrogens is 417 g/mol. The first-order valence-corrected chi connectivity index (χ1v) is 10.0. The molecule has 0 aliphatic rings. The van der Waals surface area contributed by atoms with Crippen molar-refractivity contribution in [3.8, 4) is 5.75 Å². The molecule has 2 aromatic carbocycles. The van der Waals surface area contributed by atoms with Crippen molar-refractivity contribution >= 4 is 35.0 Å². The topological polar surface area (TPSA) is 76.4 Å². The number of imidazole rings is 1. The van der Waals surface area contributed by atoms with Crippen LogP contribution in [0.25, 0.3) is 0 Å². The number of carbonyl (C=O) groups excluding carboxylic acids is 1. The molecule has 2 N–H and O–H groups in total. The van der Waals surface area contributed by atoms with Gasteiger partial charge in [-0.2, -0.15) is 0 Å². The summed E-state index contributed by atoms with van der Waals surface area (Å²) in [7, 11) is 1.51. The van der Waals surface area contributed by atoms with Gasteiger partial charge in [0.15, 0.2) is 5.16 Å². The summed E-state index contributed by atoms with van der Waals surface area (Å²) in [5, 5.41) is 13.2. The summed E-state index contributed by atoms with van der Waals surface area (Å²) in [5.74, 6) is 0.0461. The normalized spacial score (nSPS) is 10.8. The van der Waals surface area contributed by atoms with E-state index in [2.05, 4.69) is 10.3 Å². The van der Waals surface area contributed by atoms with Gasteiger partial charge in [0.25, 0.3) is 0 Å². The van der Waals surface area contributed by atoms with Crippen LogP contribution in [0.2, 0.25) is 5.02 Å². The number of benzene rings is 2. The summed E-state index contributed by atoms with van der Waals surface area (Å²) in [6.07, 6.45) is 1.71. The van der Waals surface area contributed by atoms with Crippen LogP contribution in [0.4, 0.5) is 10.1 Å². The second-order valence-electron chi connectivity index (χ2n) is 6.11. The third kappa shape index (κ3) is 5.72. The number of halogens is 2. The second kappa shape index (κ2) is 9.78. The predicted molar refractivity (Wildman–Crippen MR) is 111 cm³/mol. The Morgan fingerprint density at radius 3 is 2.76 bits per heavy atom. The Morgan fingerprint density at radius 1 is 1.31 bits per heavy atom. The van der Waals surface area contributed by atoms with Crippen LogP contribution in [0.3, 0.4) is 0 Å². The molecular formula is C20H19ClFN3O3S. The second-order valence-corrected chi connectivity index (χ2v) is 7.49. The molecule has 3 aromatic rings. The summed E-state index contributed by atoms with van der Waals surface area (Å²) in [6.45, 7) is 0.231. The van der Waals surface area contributed by atoms with Crippen LogP contribution in [-0.4, -0.2) is 33.4 Å². The quantitative estimate of drug-likeness (QED) is 0.524. The van der Waals surface area contributed by atoms with Gasteiger partial charge in [-0.25, -0.2) is 9.37 Å². The highest BCUT2D eigenvalue weighted by atomic mass is 35.5. The predicted octanol–water partition coefficient (Wildman–Crippen LogP) is 3.96. The Kier molecular flexibility index (Phi) is 7.13. The van der Waals surface area contributed by atoms with Gasteiger partial charge in [0.1, 0.15) is 11.6 Å². The lowest BCUT2D eigenvalue weighted by Crippen LogP contribution is -2.15. The zero-order valence-corrected chi connectivity index (χ0v) is 17.1. The van der Waals surface area contributed by atoms with Crippen LogP contribution in [0.5, 0.6) is 5.75 Å². The minimum absolute atomic E-state index is 0.0982. The van der Waals surface area contributed by atoms with Gasteiger partial charge in [-0.05, 0) is 35.9 Å². The van der Waals surface area contributed by atoms with Gasteiger partial charge in [0, 0.05) is 17.8 Å². The molecule has 0 radical (unpaired) electrons. The molecule has 0 aliphatic carbocycles. The summed E-state index contributed by atoms with van der Waals surface area (Å²) in [5.41, 5.74) is 1.85. The first-order valence-electron chi connectivity index (χ1n) is 8.66. The standard InChI is InChI=1S/C20H19ClFN3O3S/c1-28-18-7-4-14(21)8-17(18)24-19(27)12-29-20-23-16(11-26)10-25(20)9-13-2-5-15(22)6-3-13/h2-8,10,26H,9,11-12H2,1H3,(H,24,27). The maximum absolute atomic E-state index is 13.1. The average Bonchev–Trinajstić information content (AvgIpc) is 3.10. The fourth-order valence-electron chi connectivity index (χ4n) is 2.64. The Bertz CT molecular complexity index is 995. The summed E-state index contributed by atoms with van der Waals surface area (Å²) in [6, 6.07) is 11.1. The number of ether oxygens (including phenoxy) is 1. The van der Waals surface area contributed by atoms with Crippen molar-refractivity contribution in [2.24, 2.45) is 0 Å². The van der Waals surface area contributed by atoms with Gasteiger partial charge >= 0.3 is 0 Å². The molecule has 29 heavy (non-hydrogen) atoms. The third-order valence-corrected chi connectivity index (χ3v) is 5.21. The van der Waals surface area contributed by atoms with Gasteiger partial charge in [-0.15, -0.1) is 0 Å². The highest BCUT2D eigenvalue weighted by molar-refractivity contribution is 7.99. The molecule has 1 amide bonds. The van der Waals surface area contributed by atoms with Crippen LogP contribution in [0.15, 0.2) is 53.8 Å². The van der Waals surface area contributed by atoms with Crippen LogP contribution < -0.4 is 10.1 Å². The summed E-state index contributed by atoms with van der Waals surface area (Å²) < 4.78 is 20.2. The largest absolute Gasteiger partial charge is 0.495 e. The highest BCUT2D eigenvalue weighted by Crippen LogP contribution is 2.28. The number of aliphatic hydroxyl groups is 1. The van der Waals surface area contributed by atoms with Crippen molar-refractivity contribution in [1.29, 1.82) is 0 Å². The Balaban J connectivity index is 1.68. The number of aromatic nitrogens is 2. The summed E-state index contributed by atoms with van der Waals surface area (Å²) >= 11 is 7.22. The van der Waals surface area contributed by atoms with Gasteiger partial charge < -0.3 is 19.7 Å². The van der Waals surface area contributed by atoms with E-state index in [0.717, 1.165) is 5.56 Å². The number of anilines is 1. The third-order valence-electron chi connectivity index (χ3n) is 3.99. The van der Waals surface area contributed by atoms with Crippen LogP contribution >= 0.6 is 23.4 Å². The number of aliphatic hydroxyl groups excluding tert-OH is 1. The van der Waals surface area contributed by atoms with Crippen LogP contribution in [0.1, 0.15) is 11.3 Å². The Morgan fingerprint density at radius 2 is 2.07 bits per heavy atom. The maximum atomic E-state index is 13.1. The van der Waals surface area contributed by atoms with Crippen molar-refractivity contribution in [3.05, 3.63) is 70.8 Å². The number of carbonyl (C=O) groups is 1. The lowest BCUT2D eigenvalue weighted by molar-refractivity contribution is -0.113. The molecule has 152 valence electrons. The van der Waals surface area contributed by atoms with E-state index >= 15 is 0 Å². The zero-order valence-electron chi connectivity index (χ0n) is 15.6. The van der Waals surface area contributed by atoms with Crippen LogP contribution in [-0.2, 0) is 17.9 Å². The number of methoxy groups -OCH3 is 1. The van der Waals surface area contributed by atoms with Gasteiger partial charge in [0.05, 0.1) is 30.9 Å². The molecule has 0 spiro atoms. The molecule has 0 atom stereocenters. The van der Waals surface area contributed by atoms with Crippen LogP contribution in [0, 0.1) is 5.82 Å². The molecule has 1 heterocycles. The summed E-state index contributed by atoms with van der Waals surface area (Å²) in [4.78, 5) is 16.7. The van der Waals surface area contributed by atoms with Crippen molar-refractivity contribution in [2.45, 2.75) is 18.3 Å². The number of rotatable bonds is 8. The zero-order chi connectivity index (χ0) is 20.8. The fraction of sp³-hybridized carbons (Fsp3) is 0.200. The highest BCUT2D eigenvalue weighted by Gasteiger charge is 2.13. The monoisotopic (exact) mass is 435 g/mol. The van der Waals surface area contributed by atoms with E-state index < -0.39 is 0 Å². The smallest absolute Gasteiger partial charge is 0.234 e. The van der Waals surface area contributed by atoms with E-state index in [4.69, 9.17) is 16.3 Å². The van der Waals surface area contributed by atoms with Crippen molar-refractivity contribution in [1.82, 2.24) is 9.55 Å². The van der Waals surface area contributed by atoms with Gasteiger partial charge in [-0.3, -0.25) is 4.79 Å². The SMILES string of the molecule is COc1ccc(Cl)cc1NC(=O)CSc1nc(CO)cn1Cc1ccc(F)cc1. The van der Waals surface area contributed by atoms with Gasteiger partial charge in [-0.1, -0.05) is 35.5 Å². The fourth-order valence-corrected chi connectivity index (χ4v) is 3.61. The molecule has 0 fully saturated rings. The maximum Gasteiger partial charge on any atom is 0.234 e. The van der Waals surface area contributed by atoms with Crippen molar-refractivity contribution < 1.29 is 19.0 Å². The number of hydrogen-bond donors (Lipinski definition) is 2. The van der Waals surface area contributed by atoms with Crippen molar-refractivity contribution in [3.63, 3.8) is 0 Å². The van der Waals surface area contributed by atoms with E-state index in [1.54, 1.807) is 36.5 Å². The molecule has 3 rings (SSSR count). The Labute approximate surface area is 176 Å². The molecule has 0 bridgehead atoms. The number of hydrogen-bond acceptors (Lipinski definition) is 5. The molecule has 6 nitrogen and oxygen atoms in total. The first kappa shape index (κ1) is 21.2.